The molecule has 5 aromatic rings. The van der Waals surface area contributed by atoms with Crippen LogP contribution in [0.5, 0.6) is 5.75 Å². The molecule has 0 saturated carbocycles. The fourth-order valence-electron chi connectivity index (χ4n) is 3.43. The standard InChI is InChI=1S/C10H10N2O7S2.C6H6N4S.C6H7NO3S/c11-6-3-5-4(1-7(6)20(14,15)16)2-8(21(17,18)19)9(12)10(5)13;7-3-1-2-4(8)6-5(3)9-11-10-6;7-5-2-1-3-6(4-5)11(8,9)10/h1-3,13H,11-12H2,(H,14,15,16)(H,17,18,19);1-2H,7-8H2;1-4H,7H2,(H,8,9,10). The Labute approximate surface area is 248 Å². The number of fused-ring (bicyclic) bond motifs is 2. The van der Waals surface area contributed by atoms with Gasteiger partial charge < -0.3 is 33.8 Å². The van der Waals surface area contributed by atoms with Crippen LogP contribution in [0, 0.1) is 0 Å². The molecule has 0 amide bonds. The molecule has 17 nitrogen and oxygen atoms in total. The van der Waals surface area contributed by atoms with Gasteiger partial charge in [-0.25, -0.2) is 0 Å². The summed E-state index contributed by atoms with van der Waals surface area (Å²) >= 11 is 1.12. The molecule has 1 aromatic heterocycles. The number of phenolic OH excluding ortho intramolecular Hbond substituents is 1. The van der Waals surface area contributed by atoms with Crippen LogP contribution in [-0.4, -0.2) is 52.8 Å². The minimum atomic E-state index is -4.73. The smallest absolute Gasteiger partial charge is 0.296 e. The Morgan fingerprint density at radius 1 is 0.628 bits per heavy atom. The van der Waals surface area contributed by atoms with Gasteiger partial charge in [0.25, 0.3) is 30.4 Å². The topological polar surface area (TPSA) is 339 Å². The third-order valence-electron chi connectivity index (χ3n) is 5.43. The predicted molar refractivity (Wildman–Crippen MR) is 161 cm³/mol. The number of nitrogens with two attached hydrogens (primary N) is 5. The largest absolute Gasteiger partial charge is 0.505 e. The molecule has 0 aliphatic carbocycles. The highest BCUT2D eigenvalue weighted by molar-refractivity contribution is 7.86. The number of hydrogen-bond acceptors (Lipinski definition) is 15. The van der Waals surface area contributed by atoms with Crippen molar-refractivity contribution in [3.63, 3.8) is 0 Å². The van der Waals surface area contributed by atoms with Gasteiger partial charge in [0.1, 0.15) is 26.6 Å². The van der Waals surface area contributed by atoms with Gasteiger partial charge in [0.15, 0.2) is 0 Å². The SMILES string of the molecule is Nc1cc2c(O)c(N)c(S(=O)(=O)O)cc2cc1S(=O)(=O)O.Nc1ccc(N)c2nsnc12.Nc1cccc(S(=O)(=O)O)c1. The molecule has 21 heteroatoms. The number of aromatic hydroxyl groups is 1. The summed E-state index contributed by atoms with van der Waals surface area (Å²) in [6.45, 7) is 0. The Hall–Kier alpha value is -4.51. The van der Waals surface area contributed by atoms with E-state index in [1.165, 1.54) is 24.3 Å². The van der Waals surface area contributed by atoms with E-state index in [1.54, 1.807) is 12.1 Å². The summed E-state index contributed by atoms with van der Waals surface area (Å²) in [5, 5.41) is 9.71. The maximum atomic E-state index is 11.2. The van der Waals surface area contributed by atoms with Crippen LogP contribution in [0.4, 0.5) is 28.4 Å². The Morgan fingerprint density at radius 3 is 1.58 bits per heavy atom. The Kier molecular flexibility index (Phi) is 9.21. The molecule has 0 unspecified atom stereocenters. The van der Waals surface area contributed by atoms with Crippen LogP contribution < -0.4 is 28.7 Å². The van der Waals surface area contributed by atoms with Crippen molar-refractivity contribution >= 4 is 92.3 Å². The zero-order chi connectivity index (χ0) is 32.5. The minimum absolute atomic E-state index is 0.0372. The molecule has 0 atom stereocenters. The summed E-state index contributed by atoms with van der Waals surface area (Å²) in [6.07, 6.45) is 0. The zero-order valence-electron chi connectivity index (χ0n) is 21.3. The molecule has 0 spiro atoms. The molecule has 14 N–H and O–H groups in total. The lowest BCUT2D eigenvalue weighted by Gasteiger charge is -2.11. The second-order valence-corrected chi connectivity index (χ2v) is 13.2. The van der Waals surface area contributed by atoms with Gasteiger partial charge in [-0.3, -0.25) is 13.7 Å². The van der Waals surface area contributed by atoms with Crippen LogP contribution in [0.2, 0.25) is 0 Å². The van der Waals surface area contributed by atoms with Crippen LogP contribution in [-0.2, 0) is 30.4 Å². The van der Waals surface area contributed by atoms with E-state index in [9.17, 15) is 30.4 Å². The molecule has 0 radical (unpaired) electrons. The lowest BCUT2D eigenvalue weighted by atomic mass is 10.1. The van der Waals surface area contributed by atoms with Crippen LogP contribution >= 0.6 is 11.7 Å². The van der Waals surface area contributed by atoms with E-state index in [4.69, 9.17) is 42.3 Å². The molecule has 0 bridgehead atoms. The molecule has 43 heavy (non-hydrogen) atoms. The van der Waals surface area contributed by atoms with Crippen LogP contribution in [0.25, 0.3) is 21.8 Å². The number of rotatable bonds is 3. The molecular weight excluding hydrogens is 651 g/mol. The summed E-state index contributed by atoms with van der Waals surface area (Å²) in [5.41, 5.74) is 29.4. The average molecular weight is 674 g/mol. The van der Waals surface area contributed by atoms with Crippen molar-refractivity contribution in [1.29, 1.82) is 0 Å². The summed E-state index contributed by atoms with van der Waals surface area (Å²) in [5.74, 6) is -0.686. The summed E-state index contributed by atoms with van der Waals surface area (Å²) in [4.78, 5) is -1.64. The Bertz CT molecular complexity index is 2150. The number of nitrogens with zero attached hydrogens (tertiary/aromatic N) is 2. The van der Waals surface area contributed by atoms with Crippen LogP contribution in [0.3, 0.4) is 0 Å². The lowest BCUT2D eigenvalue weighted by molar-refractivity contribution is 0.473. The molecule has 0 fully saturated rings. The summed E-state index contributed by atoms with van der Waals surface area (Å²) in [7, 11) is -13.5. The van der Waals surface area contributed by atoms with E-state index in [0.717, 1.165) is 29.9 Å². The predicted octanol–water partition coefficient (Wildman–Crippen LogP) is 1.57. The van der Waals surface area contributed by atoms with Gasteiger partial charge in [0.2, 0.25) is 0 Å². The van der Waals surface area contributed by atoms with Gasteiger partial charge in [0, 0.05) is 11.1 Å². The number of anilines is 5. The van der Waals surface area contributed by atoms with Crippen molar-refractivity contribution in [1.82, 2.24) is 8.75 Å². The normalized spacial score (nSPS) is 11.8. The molecule has 230 valence electrons. The number of benzene rings is 4. The van der Waals surface area contributed by atoms with Crippen LogP contribution in [0.15, 0.2) is 69.3 Å². The maximum absolute atomic E-state index is 11.2. The summed E-state index contributed by atoms with van der Waals surface area (Å²) in [6, 6.07) is 11.6. The monoisotopic (exact) mass is 673 g/mol. The number of aromatic nitrogens is 2. The van der Waals surface area contributed by atoms with Crippen molar-refractivity contribution in [2.24, 2.45) is 0 Å². The highest BCUT2D eigenvalue weighted by Gasteiger charge is 2.22. The maximum Gasteiger partial charge on any atom is 0.296 e. The van der Waals surface area contributed by atoms with E-state index in [0.29, 0.717) is 28.1 Å². The van der Waals surface area contributed by atoms with Crippen molar-refractivity contribution in [2.75, 3.05) is 28.7 Å². The zero-order valence-corrected chi connectivity index (χ0v) is 24.6. The van der Waals surface area contributed by atoms with E-state index in [-0.39, 0.29) is 21.4 Å². The molecule has 0 aliphatic heterocycles. The fourth-order valence-corrected chi connectivity index (χ4v) is 5.84. The highest BCUT2D eigenvalue weighted by Crippen LogP contribution is 2.39. The molecule has 4 aromatic carbocycles. The highest BCUT2D eigenvalue weighted by atomic mass is 32.2. The first-order valence-electron chi connectivity index (χ1n) is 11.1. The summed E-state index contributed by atoms with van der Waals surface area (Å²) < 4.78 is 100. The van der Waals surface area contributed by atoms with Gasteiger partial charge in [-0.05, 0) is 53.9 Å². The second-order valence-electron chi connectivity index (χ2n) is 8.45. The lowest BCUT2D eigenvalue weighted by Crippen LogP contribution is -2.06. The molecule has 0 aliphatic rings. The molecule has 0 saturated heterocycles. The number of phenols is 1. The van der Waals surface area contributed by atoms with Crippen molar-refractivity contribution in [3.8, 4) is 5.75 Å². The fraction of sp³-hybridized carbons (Fsp3) is 0. The molecule has 1 heterocycles. The Balaban J connectivity index is 0.000000193. The average Bonchev–Trinajstić information content (AvgIpc) is 3.39. The van der Waals surface area contributed by atoms with E-state index >= 15 is 0 Å². The molecule has 5 rings (SSSR count). The van der Waals surface area contributed by atoms with Gasteiger partial charge in [0.05, 0.1) is 39.4 Å². The first-order chi connectivity index (χ1) is 19.7. The van der Waals surface area contributed by atoms with Crippen molar-refractivity contribution < 1.29 is 44.0 Å². The quantitative estimate of drug-likeness (QED) is 0.0745. The van der Waals surface area contributed by atoms with Crippen molar-refractivity contribution in [2.45, 2.75) is 14.7 Å². The van der Waals surface area contributed by atoms with E-state index in [1.807, 2.05) is 0 Å². The first kappa shape index (κ1) is 33.0. The van der Waals surface area contributed by atoms with Gasteiger partial charge >= 0.3 is 0 Å². The van der Waals surface area contributed by atoms with E-state index < -0.39 is 51.6 Å². The number of nitrogen functional groups attached to an aromatic ring is 5. The second kappa shape index (κ2) is 12.0. The first-order valence-corrected chi connectivity index (χ1v) is 16.2. The third-order valence-corrected chi connectivity index (χ3v) is 8.61. The number of hydrogen-bond donors (Lipinski definition) is 9. The van der Waals surface area contributed by atoms with E-state index in [2.05, 4.69) is 8.75 Å². The van der Waals surface area contributed by atoms with Gasteiger partial charge in [-0.2, -0.15) is 34.0 Å². The van der Waals surface area contributed by atoms with Crippen molar-refractivity contribution in [3.05, 3.63) is 54.6 Å². The third kappa shape index (κ3) is 7.66. The van der Waals surface area contributed by atoms with Gasteiger partial charge in [-0.1, -0.05) is 6.07 Å². The molecular formula is C22H23N7O10S4. The van der Waals surface area contributed by atoms with Crippen LogP contribution in [0.1, 0.15) is 0 Å². The van der Waals surface area contributed by atoms with Gasteiger partial charge in [-0.15, -0.1) is 0 Å². The Morgan fingerprint density at radius 2 is 1.14 bits per heavy atom. The minimum Gasteiger partial charge on any atom is -0.505 e.